The van der Waals surface area contributed by atoms with Crippen molar-refractivity contribution in [1.29, 1.82) is 0 Å². The first-order valence-corrected chi connectivity index (χ1v) is 5.05. The molecular formula is C13H16O3. The second-order valence-corrected chi connectivity index (χ2v) is 3.43. The number of aryl methyl sites for hydroxylation is 1. The fourth-order valence-corrected chi connectivity index (χ4v) is 1.34. The normalized spacial score (nSPS) is 9.88. The lowest BCUT2D eigenvalue weighted by Gasteiger charge is -2.08. The summed E-state index contributed by atoms with van der Waals surface area (Å²) in [6, 6.07) is 5.47. The van der Waals surface area contributed by atoms with Crippen LogP contribution in [0.1, 0.15) is 15.9 Å². The summed E-state index contributed by atoms with van der Waals surface area (Å²) >= 11 is 0. The minimum absolute atomic E-state index is 0.0471. The van der Waals surface area contributed by atoms with Gasteiger partial charge >= 0.3 is 0 Å². The van der Waals surface area contributed by atoms with Gasteiger partial charge in [-0.15, -0.1) is 6.58 Å². The Morgan fingerprint density at radius 3 is 2.88 bits per heavy atom. The molecule has 1 aromatic rings. The third-order valence-electron chi connectivity index (χ3n) is 2.13. The summed E-state index contributed by atoms with van der Waals surface area (Å²) < 4.78 is 10.3. The number of ketones is 1. The lowest BCUT2D eigenvalue weighted by Crippen LogP contribution is -2.10. The zero-order valence-corrected chi connectivity index (χ0v) is 9.66. The maximum absolute atomic E-state index is 11.8. The van der Waals surface area contributed by atoms with Crippen LogP contribution in [0.25, 0.3) is 0 Å². The molecule has 0 aliphatic heterocycles. The van der Waals surface area contributed by atoms with Crippen LogP contribution in [-0.2, 0) is 4.74 Å². The van der Waals surface area contributed by atoms with Crippen molar-refractivity contribution in [2.45, 2.75) is 6.92 Å². The predicted molar refractivity (Wildman–Crippen MR) is 63.1 cm³/mol. The molecule has 0 saturated heterocycles. The molecule has 86 valence electrons. The van der Waals surface area contributed by atoms with Gasteiger partial charge in [-0.25, -0.2) is 0 Å². The van der Waals surface area contributed by atoms with E-state index in [4.69, 9.17) is 9.47 Å². The first-order chi connectivity index (χ1) is 7.69. The summed E-state index contributed by atoms with van der Waals surface area (Å²) in [7, 11) is 1.55. The molecule has 0 amide bonds. The van der Waals surface area contributed by atoms with Crippen molar-refractivity contribution in [3.05, 3.63) is 42.0 Å². The number of hydrogen-bond acceptors (Lipinski definition) is 3. The van der Waals surface area contributed by atoms with Crippen molar-refractivity contribution in [2.75, 3.05) is 20.3 Å². The van der Waals surface area contributed by atoms with Gasteiger partial charge in [0.1, 0.15) is 12.4 Å². The fraction of sp³-hybridized carbons (Fsp3) is 0.308. The maximum Gasteiger partial charge on any atom is 0.192 e. The van der Waals surface area contributed by atoms with Gasteiger partial charge in [-0.3, -0.25) is 4.79 Å². The molecule has 0 atom stereocenters. The van der Waals surface area contributed by atoms with Crippen LogP contribution in [0.2, 0.25) is 0 Å². The van der Waals surface area contributed by atoms with E-state index in [1.54, 1.807) is 19.3 Å². The van der Waals surface area contributed by atoms with Gasteiger partial charge in [0.15, 0.2) is 5.78 Å². The molecule has 0 N–H and O–H groups in total. The Kier molecular flexibility index (Phi) is 4.73. The molecule has 0 fully saturated rings. The Balaban J connectivity index is 2.78. The van der Waals surface area contributed by atoms with Crippen molar-refractivity contribution in [2.24, 2.45) is 0 Å². The Bertz CT molecular complexity index is 383. The first kappa shape index (κ1) is 12.5. The largest absolute Gasteiger partial charge is 0.496 e. The Labute approximate surface area is 95.7 Å². The van der Waals surface area contributed by atoms with Crippen molar-refractivity contribution in [3.8, 4) is 5.75 Å². The summed E-state index contributed by atoms with van der Waals surface area (Å²) in [6.45, 7) is 5.89. The number of Topliss-reactive ketones (excluding diaryl/α,β-unsaturated/α-hetero) is 1. The van der Waals surface area contributed by atoms with Gasteiger partial charge in [-0.1, -0.05) is 12.1 Å². The summed E-state index contributed by atoms with van der Waals surface area (Å²) in [5.41, 5.74) is 1.61. The molecule has 0 aliphatic carbocycles. The molecule has 0 spiro atoms. The minimum Gasteiger partial charge on any atom is -0.496 e. The van der Waals surface area contributed by atoms with E-state index in [0.29, 0.717) is 17.9 Å². The molecule has 0 saturated carbocycles. The number of rotatable bonds is 6. The average Bonchev–Trinajstić information content (AvgIpc) is 2.29. The molecule has 3 heteroatoms. The third kappa shape index (κ3) is 3.21. The smallest absolute Gasteiger partial charge is 0.192 e. The highest BCUT2D eigenvalue weighted by Gasteiger charge is 2.11. The zero-order valence-electron chi connectivity index (χ0n) is 9.66. The lowest BCUT2D eigenvalue weighted by molar-refractivity contribution is 0.0803. The van der Waals surface area contributed by atoms with E-state index >= 15 is 0 Å². The molecule has 0 radical (unpaired) electrons. The second-order valence-electron chi connectivity index (χ2n) is 3.43. The number of hydrogen-bond donors (Lipinski definition) is 0. The van der Waals surface area contributed by atoms with E-state index in [9.17, 15) is 4.79 Å². The van der Waals surface area contributed by atoms with Crippen molar-refractivity contribution < 1.29 is 14.3 Å². The van der Waals surface area contributed by atoms with Crippen LogP contribution in [0.5, 0.6) is 5.75 Å². The monoisotopic (exact) mass is 220 g/mol. The molecule has 0 aliphatic rings. The van der Waals surface area contributed by atoms with E-state index in [0.717, 1.165) is 5.56 Å². The first-order valence-electron chi connectivity index (χ1n) is 5.05. The van der Waals surface area contributed by atoms with Gasteiger partial charge < -0.3 is 9.47 Å². The molecule has 0 aromatic heterocycles. The van der Waals surface area contributed by atoms with Crippen LogP contribution < -0.4 is 4.74 Å². The Morgan fingerprint density at radius 2 is 2.25 bits per heavy atom. The van der Waals surface area contributed by atoms with Crippen LogP contribution in [0, 0.1) is 6.92 Å². The number of ether oxygens (including phenoxy) is 2. The average molecular weight is 220 g/mol. The highest BCUT2D eigenvalue weighted by atomic mass is 16.5. The second kappa shape index (κ2) is 6.08. The van der Waals surface area contributed by atoms with Gasteiger partial charge in [0.05, 0.1) is 19.3 Å². The molecule has 0 unspecified atom stereocenters. The molecule has 1 rings (SSSR count). The number of benzene rings is 1. The SMILES string of the molecule is C=CCOCC(=O)c1ccc(C)cc1OC. The van der Waals surface area contributed by atoms with E-state index in [2.05, 4.69) is 6.58 Å². The highest BCUT2D eigenvalue weighted by Crippen LogP contribution is 2.20. The standard InChI is InChI=1S/C13H16O3/c1-4-7-16-9-12(14)11-6-5-10(2)8-13(11)15-3/h4-6,8H,1,7,9H2,2-3H3. The zero-order chi connectivity index (χ0) is 12.0. The topological polar surface area (TPSA) is 35.5 Å². The van der Waals surface area contributed by atoms with Crippen molar-refractivity contribution in [3.63, 3.8) is 0 Å². The summed E-state index contributed by atoms with van der Waals surface area (Å²) in [4.78, 5) is 11.8. The summed E-state index contributed by atoms with van der Waals surface area (Å²) in [6.07, 6.45) is 1.61. The van der Waals surface area contributed by atoms with E-state index in [-0.39, 0.29) is 12.4 Å². The maximum atomic E-state index is 11.8. The van der Waals surface area contributed by atoms with Gasteiger partial charge in [0, 0.05) is 0 Å². The molecule has 3 nitrogen and oxygen atoms in total. The third-order valence-corrected chi connectivity index (χ3v) is 2.13. The van der Waals surface area contributed by atoms with Crippen molar-refractivity contribution >= 4 is 5.78 Å². The summed E-state index contributed by atoms with van der Waals surface area (Å²) in [5, 5.41) is 0. The van der Waals surface area contributed by atoms with Crippen LogP contribution >= 0.6 is 0 Å². The van der Waals surface area contributed by atoms with Crippen LogP contribution in [0.15, 0.2) is 30.9 Å². The van der Waals surface area contributed by atoms with Crippen LogP contribution in [0.3, 0.4) is 0 Å². The van der Waals surface area contributed by atoms with Crippen molar-refractivity contribution in [1.82, 2.24) is 0 Å². The number of carbonyl (C=O) groups is 1. The molecule has 0 bridgehead atoms. The van der Waals surface area contributed by atoms with E-state index < -0.39 is 0 Å². The Hall–Kier alpha value is -1.61. The van der Waals surface area contributed by atoms with Crippen LogP contribution in [0.4, 0.5) is 0 Å². The quantitative estimate of drug-likeness (QED) is 0.419. The molecule has 16 heavy (non-hydrogen) atoms. The summed E-state index contributed by atoms with van der Waals surface area (Å²) in [5.74, 6) is 0.505. The highest BCUT2D eigenvalue weighted by molar-refractivity contribution is 5.99. The molecule has 1 aromatic carbocycles. The number of carbonyl (C=O) groups excluding carboxylic acids is 1. The van der Waals surface area contributed by atoms with Gasteiger partial charge in [0.2, 0.25) is 0 Å². The molecular weight excluding hydrogens is 204 g/mol. The van der Waals surface area contributed by atoms with Gasteiger partial charge in [0.25, 0.3) is 0 Å². The molecule has 0 heterocycles. The van der Waals surface area contributed by atoms with Gasteiger partial charge in [-0.2, -0.15) is 0 Å². The minimum atomic E-state index is -0.0845. The number of methoxy groups -OCH3 is 1. The fourth-order valence-electron chi connectivity index (χ4n) is 1.34. The van der Waals surface area contributed by atoms with Gasteiger partial charge in [-0.05, 0) is 24.6 Å². The Morgan fingerprint density at radius 1 is 1.50 bits per heavy atom. The lowest BCUT2D eigenvalue weighted by atomic mass is 10.1. The van der Waals surface area contributed by atoms with E-state index in [1.807, 2.05) is 19.1 Å². The van der Waals surface area contributed by atoms with E-state index in [1.165, 1.54) is 0 Å². The predicted octanol–water partition coefficient (Wildman–Crippen LogP) is 2.39. The van der Waals surface area contributed by atoms with Crippen LogP contribution in [-0.4, -0.2) is 26.1 Å².